The van der Waals surface area contributed by atoms with Crippen LogP contribution in [0.5, 0.6) is 0 Å². The quantitative estimate of drug-likeness (QED) is 0.466. The van der Waals surface area contributed by atoms with Gasteiger partial charge in [-0.25, -0.2) is 8.42 Å². The Morgan fingerprint density at radius 2 is 1.61 bits per heavy atom. The van der Waals surface area contributed by atoms with Crippen LogP contribution < -0.4 is 14.5 Å². The third-order valence-corrected chi connectivity index (χ3v) is 7.75. The Bertz CT molecular complexity index is 1230. The maximum absolute atomic E-state index is 13.4. The summed E-state index contributed by atoms with van der Waals surface area (Å²) in [4.78, 5) is 15.2. The second-order valence-corrected chi connectivity index (χ2v) is 10.4. The van der Waals surface area contributed by atoms with E-state index in [0.717, 1.165) is 23.1 Å². The molecule has 9 heteroatoms. The summed E-state index contributed by atoms with van der Waals surface area (Å²) in [6, 6.07) is 19.9. The molecule has 1 N–H and O–H groups in total. The number of carbonyl (C=O) groups excluding carboxylic acids is 1. The highest BCUT2D eigenvalue weighted by atomic mass is 35.5. The molecule has 0 atom stereocenters. The summed E-state index contributed by atoms with van der Waals surface area (Å²) in [6.45, 7) is 1.59. The van der Waals surface area contributed by atoms with E-state index in [9.17, 15) is 13.2 Å². The molecule has 1 fully saturated rings. The van der Waals surface area contributed by atoms with E-state index in [2.05, 4.69) is 10.2 Å². The summed E-state index contributed by atoms with van der Waals surface area (Å²) in [5.41, 5.74) is 1.81. The summed E-state index contributed by atoms with van der Waals surface area (Å²) in [7, 11) is -4.08. The predicted molar refractivity (Wildman–Crippen MR) is 134 cm³/mol. The Morgan fingerprint density at radius 1 is 0.939 bits per heavy atom. The van der Waals surface area contributed by atoms with E-state index in [1.54, 1.807) is 24.3 Å². The molecule has 6 nitrogen and oxygen atoms in total. The van der Waals surface area contributed by atoms with E-state index in [0.29, 0.717) is 10.7 Å². The van der Waals surface area contributed by atoms with E-state index in [-0.39, 0.29) is 15.6 Å². The zero-order chi connectivity index (χ0) is 23.4. The fourth-order valence-corrected chi connectivity index (χ4v) is 5.65. The largest absolute Gasteiger partial charge is 0.372 e. The highest BCUT2D eigenvalue weighted by Crippen LogP contribution is 2.33. The fourth-order valence-electron chi connectivity index (χ4n) is 3.76. The van der Waals surface area contributed by atoms with Gasteiger partial charge in [0.05, 0.1) is 15.6 Å². The van der Waals surface area contributed by atoms with Gasteiger partial charge in [-0.05, 0) is 67.4 Å². The van der Waals surface area contributed by atoms with Gasteiger partial charge in [0.25, 0.3) is 10.0 Å². The predicted octanol–water partition coefficient (Wildman–Crippen LogP) is 5.43. The van der Waals surface area contributed by atoms with Gasteiger partial charge in [0.2, 0.25) is 5.91 Å². The summed E-state index contributed by atoms with van der Waals surface area (Å²) in [5, 5.41) is 3.25. The van der Waals surface area contributed by atoms with Crippen molar-refractivity contribution < 1.29 is 13.2 Å². The molecule has 1 amide bonds. The van der Waals surface area contributed by atoms with E-state index in [4.69, 9.17) is 23.2 Å². The van der Waals surface area contributed by atoms with Crippen LogP contribution in [0.1, 0.15) is 12.8 Å². The van der Waals surface area contributed by atoms with Crippen LogP contribution in [-0.4, -0.2) is 34.0 Å². The van der Waals surface area contributed by atoms with Crippen LogP contribution in [0.4, 0.5) is 17.1 Å². The van der Waals surface area contributed by atoms with Gasteiger partial charge in [0, 0.05) is 29.5 Å². The molecular weight excluding hydrogens is 481 g/mol. The Morgan fingerprint density at radius 3 is 2.27 bits per heavy atom. The monoisotopic (exact) mass is 503 g/mol. The van der Waals surface area contributed by atoms with E-state index in [1.807, 2.05) is 24.3 Å². The summed E-state index contributed by atoms with van der Waals surface area (Å²) in [5.74, 6) is -0.500. The van der Waals surface area contributed by atoms with Crippen molar-refractivity contribution in [3.63, 3.8) is 0 Å². The van der Waals surface area contributed by atoms with Crippen molar-refractivity contribution in [3.05, 3.63) is 82.8 Å². The minimum atomic E-state index is -4.08. The van der Waals surface area contributed by atoms with Crippen LogP contribution in [0, 0.1) is 0 Å². The standard InChI is InChI=1S/C24H23Cl2N3O3S/c25-18-8-13-22(26)23(16-18)29(33(31,32)21-6-2-1-3-7-21)17-24(30)27-19-9-11-20(12-10-19)28-14-4-5-15-28/h1-3,6-13,16H,4-5,14-15,17H2,(H,27,30). The Labute approximate surface area is 203 Å². The molecule has 1 saturated heterocycles. The van der Waals surface area contributed by atoms with Gasteiger partial charge in [-0.2, -0.15) is 0 Å². The average molecular weight is 504 g/mol. The van der Waals surface area contributed by atoms with E-state index in [1.165, 1.54) is 37.1 Å². The smallest absolute Gasteiger partial charge is 0.264 e. The lowest BCUT2D eigenvalue weighted by molar-refractivity contribution is -0.114. The van der Waals surface area contributed by atoms with Gasteiger partial charge in [0.1, 0.15) is 6.54 Å². The maximum atomic E-state index is 13.4. The Kier molecular flexibility index (Phi) is 7.12. The molecule has 4 rings (SSSR count). The van der Waals surface area contributed by atoms with Crippen molar-refractivity contribution >= 4 is 56.2 Å². The molecule has 1 aliphatic heterocycles. The number of halogens is 2. The van der Waals surface area contributed by atoms with Crippen LogP contribution in [-0.2, 0) is 14.8 Å². The molecule has 3 aromatic carbocycles. The first-order chi connectivity index (χ1) is 15.8. The van der Waals surface area contributed by atoms with Crippen LogP contribution >= 0.6 is 23.2 Å². The van der Waals surface area contributed by atoms with Gasteiger partial charge in [-0.15, -0.1) is 0 Å². The normalized spacial score (nSPS) is 13.7. The van der Waals surface area contributed by atoms with Crippen molar-refractivity contribution in [2.75, 3.05) is 34.2 Å². The van der Waals surface area contributed by atoms with Crippen LogP contribution in [0.2, 0.25) is 10.0 Å². The molecule has 3 aromatic rings. The molecule has 0 bridgehead atoms. The first-order valence-electron chi connectivity index (χ1n) is 10.5. The number of nitrogens with one attached hydrogen (secondary N) is 1. The van der Waals surface area contributed by atoms with Gasteiger partial charge in [0.15, 0.2) is 0 Å². The highest BCUT2D eigenvalue weighted by molar-refractivity contribution is 7.92. The SMILES string of the molecule is O=C(CN(c1cc(Cl)ccc1Cl)S(=O)(=O)c1ccccc1)Nc1ccc(N2CCCC2)cc1. The van der Waals surface area contributed by atoms with Crippen LogP contribution in [0.3, 0.4) is 0 Å². The second-order valence-electron chi connectivity index (χ2n) is 7.71. The summed E-state index contributed by atoms with van der Waals surface area (Å²) < 4.78 is 27.8. The third-order valence-electron chi connectivity index (χ3n) is 5.42. The first kappa shape index (κ1) is 23.4. The number of rotatable bonds is 7. The lowest BCUT2D eigenvalue weighted by Gasteiger charge is -2.25. The molecule has 1 heterocycles. The van der Waals surface area contributed by atoms with Crippen LogP contribution in [0.15, 0.2) is 77.7 Å². The zero-order valence-electron chi connectivity index (χ0n) is 17.7. The maximum Gasteiger partial charge on any atom is 0.264 e. The van der Waals surface area contributed by atoms with Crippen molar-refractivity contribution in [3.8, 4) is 0 Å². The highest BCUT2D eigenvalue weighted by Gasteiger charge is 2.29. The summed E-state index contributed by atoms with van der Waals surface area (Å²) >= 11 is 12.4. The van der Waals surface area contributed by atoms with Gasteiger partial charge < -0.3 is 10.2 Å². The molecular formula is C24H23Cl2N3O3S. The summed E-state index contributed by atoms with van der Waals surface area (Å²) in [6.07, 6.45) is 2.35. The van der Waals surface area contributed by atoms with Crippen molar-refractivity contribution in [1.29, 1.82) is 0 Å². The topological polar surface area (TPSA) is 69.7 Å². The fraction of sp³-hybridized carbons (Fsp3) is 0.208. The molecule has 0 unspecified atom stereocenters. The minimum Gasteiger partial charge on any atom is -0.372 e. The molecule has 0 aliphatic carbocycles. The molecule has 172 valence electrons. The Hall–Kier alpha value is -2.74. The molecule has 33 heavy (non-hydrogen) atoms. The van der Waals surface area contributed by atoms with E-state index < -0.39 is 22.5 Å². The molecule has 0 radical (unpaired) electrons. The number of sulfonamides is 1. The minimum absolute atomic E-state index is 0.0452. The van der Waals surface area contributed by atoms with Gasteiger partial charge >= 0.3 is 0 Å². The number of benzene rings is 3. The molecule has 0 aromatic heterocycles. The van der Waals surface area contributed by atoms with Crippen molar-refractivity contribution in [2.24, 2.45) is 0 Å². The lowest BCUT2D eigenvalue weighted by Crippen LogP contribution is -2.38. The van der Waals surface area contributed by atoms with Gasteiger partial charge in [-0.3, -0.25) is 9.10 Å². The number of hydrogen-bond donors (Lipinski definition) is 1. The molecule has 0 saturated carbocycles. The second kappa shape index (κ2) is 10.0. The number of hydrogen-bond acceptors (Lipinski definition) is 4. The van der Waals surface area contributed by atoms with Crippen molar-refractivity contribution in [2.45, 2.75) is 17.7 Å². The Balaban J connectivity index is 1.58. The third kappa shape index (κ3) is 5.43. The zero-order valence-corrected chi connectivity index (χ0v) is 20.1. The molecule has 0 spiro atoms. The van der Waals surface area contributed by atoms with Gasteiger partial charge in [-0.1, -0.05) is 41.4 Å². The number of carbonyl (C=O) groups is 1. The number of amides is 1. The molecule has 1 aliphatic rings. The number of nitrogens with zero attached hydrogens (tertiary/aromatic N) is 2. The lowest BCUT2D eigenvalue weighted by atomic mass is 10.2. The van der Waals surface area contributed by atoms with E-state index >= 15 is 0 Å². The number of anilines is 3. The van der Waals surface area contributed by atoms with Crippen molar-refractivity contribution in [1.82, 2.24) is 0 Å². The van der Waals surface area contributed by atoms with Crippen LogP contribution in [0.25, 0.3) is 0 Å². The first-order valence-corrected chi connectivity index (χ1v) is 12.7. The average Bonchev–Trinajstić information content (AvgIpc) is 3.35.